The average Bonchev–Trinajstić information content (AvgIpc) is 2.58. The van der Waals surface area contributed by atoms with Crippen LogP contribution >= 0.6 is 0 Å². The zero-order chi connectivity index (χ0) is 18.6. The average molecular weight is 355 g/mol. The molecule has 0 saturated carbocycles. The maximum atomic E-state index is 13.0. The van der Waals surface area contributed by atoms with Gasteiger partial charge in [0.15, 0.2) is 0 Å². The zero-order valence-corrected chi connectivity index (χ0v) is 13.3. The van der Waals surface area contributed by atoms with Crippen LogP contribution in [0.3, 0.4) is 0 Å². The summed E-state index contributed by atoms with van der Waals surface area (Å²) in [5, 5.41) is 9.20. The molecule has 0 spiro atoms. The molecule has 0 unspecified atom stereocenters. The summed E-state index contributed by atoms with van der Waals surface area (Å²) < 4.78 is 49.0. The van der Waals surface area contributed by atoms with Gasteiger partial charge in [0.25, 0.3) is 0 Å². The Morgan fingerprint density at radius 3 is 2.44 bits per heavy atom. The van der Waals surface area contributed by atoms with Crippen LogP contribution in [0.4, 0.5) is 13.2 Å². The first-order valence-electron chi connectivity index (χ1n) is 7.23. The molecule has 2 aromatic rings. The minimum atomic E-state index is -4.55. The normalized spacial score (nSPS) is 11.2. The lowest BCUT2D eigenvalue weighted by atomic mass is 10.0. The minimum absolute atomic E-state index is 0.0524. The second-order valence-corrected chi connectivity index (χ2v) is 5.10. The lowest BCUT2D eigenvalue weighted by molar-refractivity contribution is -0.138. The van der Waals surface area contributed by atoms with Crippen molar-refractivity contribution in [2.45, 2.75) is 6.18 Å². The summed E-state index contributed by atoms with van der Waals surface area (Å²) in [4.78, 5) is 11.3. The van der Waals surface area contributed by atoms with Crippen molar-refractivity contribution in [3.8, 4) is 22.6 Å². The Bertz CT molecular complexity index is 775. The van der Waals surface area contributed by atoms with E-state index < -0.39 is 17.7 Å². The smallest absolute Gasteiger partial charge is 0.419 e. The van der Waals surface area contributed by atoms with Gasteiger partial charge in [-0.15, -0.1) is 0 Å². The molecule has 8 heteroatoms. The van der Waals surface area contributed by atoms with Crippen molar-refractivity contribution in [1.29, 1.82) is 0 Å². The number of nitrogens with two attached hydrogens (primary N) is 1. The van der Waals surface area contributed by atoms with Crippen molar-refractivity contribution >= 4 is 5.97 Å². The molecule has 0 aromatic heterocycles. The van der Waals surface area contributed by atoms with E-state index in [2.05, 4.69) is 0 Å². The summed E-state index contributed by atoms with van der Waals surface area (Å²) in [5.41, 5.74) is 5.15. The Labute approximate surface area is 141 Å². The van der Waals surface area contributed by atoms with E-state index in [1.54, 1.807) is 0 Å². The standard InChI is InChI=1S/C17H16F3NO4/c1-24-15-9-10(2-3-14(15)17(18,19)20)11-6-12(16(22)23)8-13(7-11)25-5-4-21/h2-3,6-9H,4-5,21H2,1H3,(H,22,23). The highest BCUT2D eigenvalue weighted by atomic mass is 19.4. The number of hydrogen-bond donors (Lipinski definition) is 2. The van der Waals surface area contributed by atoms with Crippen molar-refractivity contribution < 1.29 is 32.5 Å². The third kappa shape index (κ3) is 4.42. The molecule has 0 aliphatic rings. The predicted octanol–water partition coefficient (Wildman–Crippen LogP) is 3.42. The molecule has 5 nitrogen and oxygen atoms in total. The fourth-order valence-corrected chi connectivity index (χ4v) is 2.25. The zero-order valence-electron chi connectivity index (χ0n) is 13.3. The van der Waals surface area contributed by atoms with Crippen molar-refractivity contribution in [3.05, 3.63) is 47.5 Å². The van der Waals surface area contributed by atoms with Crippen LogP contribution in [-0.4, -0.2) is 31.3 Å². The van der Waals surface area contributed by atoms with E-state index in [0.29, 0.717) is 11.1 Å². The summed E-state index contributed by atoms with van der Waals surface area (Å²) in [6.07, 6.45) is -4.55. The molecule has 25 heavy (non-hydrogen) atoms. The number of alkyl halides is 3. The largest absolute Gasteiger partial charge is 0.496 e. The molecule has 0 amide bonds. The first-order valence-corrected chi connectivity index (χ1v) is 7.23. The fraction of sp³-hybridized carbons (Fsp3) is 0.235. The molecule has 0 aliphatic carbocycles. The maximum Gasteiger partial charge on any atom is 0.419 e. The third-order valence-electron chi connectivity index (χ3n) is 3.38. The molecule has 3 N–H and O–H groups in total. The van der Waals surface area contributed by atoms with Gasteiger partial charge in [0.1, 0.15) is 18.1 Å². The number of methoxy groups -OCH3 is 1. The van der Waals surface area contributed by atoms with Crippen LogP contribution in [0.2, 0.25) is 0 Å². The SMILES string of the molecule is COc1cc(-c2cc(OCCN)cc(C(=O)O)c2)ccc1C(F)(F)F. The fourth-order valence-electron chi connectivity index (χ4n) is 2.25. The van der Waals surface area contributed by atoms with Crippen molar-refractivity contribution in [2.24, 2.45) is 5.73 Å². The second kappa shape index (κ2) is 7.43. The van der Waals surface area contributed by atoms with Gasteiger partial charge < -0.3 is 20.3 Å². The molecule has 2 aromatic carbocycles. The summed E-state index contributed by atoms with van der Waals surface area (Å²) >= 11 is 0. The first-order chi connectivity index (χ1) is 11.8. The van der Waals surface area contributed by atoms with Gasteiger partial charge in [-0.1, -0.05) is 6.07 Å². The molecule has 0 radical (unpaired) electrons. The molecule has 0 bridgehead atoms. The van der Waals surface area contributed by atoms with Gasteiger partial charge in [-0.3, -0.25) is 0 Å². The van der Waals surface area contributed by atoms with Crippen LogP contribution in [0.5, 0.6) is 11.5 Å². The number of carboxylic acids is 1. The number of hydrogen-bond acceptors (Lipinski definition) is 4. The van der Waals surface area contributed by atoms with Gasteiger partial charge in [-0.05, 0) is 41.5 Å². The quantitative estimate of drug-likeness (QED) is 0.830. The van der Waals surface area contributed by atoms with E-state index >= 15 is 0 Å². The summed E-state index contributed by atoms with van der Waals surface area (Å²) in [6.45, 7) is 0.416. The van der Waals surface area contributed by atoms with Crippen molar-refractivity contribution in [2.75, 3.05) is 20.3 Å². The molecule has 0 saturated heterocycles. The van der Waals surface area contributed by atoms with E-state index in [1.165, 1.54) is 30.3 Å². The van der Waals surface area contributed by atoms with E-state index in [4.69, 9.17) is 15.2 Å². The van der Waals surface area contributed by atoms with Crippen molar-refractivity contribution in [1.82, 2.24) is 0 Å². The molecule has 0 heterocycles. The molecular weight excluding hydrogens is 339 g/mol. The topological polar surface area (TPSA) is 81.8 Å². The van der Waals surface area contributed by atoms with Gasteiger partial charge in [0.2, 0.25) is 0 Å². The molecule has 0 aliphatic heterocycles. The van der Waals surface area contributed by atoms with E-state index in [0.717, 1.165) is 13.2 Å². The monoisotopic (exact) mass is 355 g/mol. The predicted molar refractivity (Wildman–Crippen MR) is 84.9 cm³/mol. The van der Waals surface area contributed by atoms with Crippen LogP contribution in [-0.2, 0) is 6.18 Å². The highest BCUT2D eigenvalue weighted by Gasteiger charge is 2.34. The maximum absolute atomic E-state index is 13.0. The number of benzene rings is 2. The minimum Gasteiger partial charge on any atom is -0.496 e. The molecule has 2 rings (SSSR count). The Kier molecular flexibility index (Phi) is 5.53. The van der Waals surface area contributed by atoms with Crippen LogP contribution in [0.1, 0.15) is 15.9 Å². The van der Waals surface area contributed by atoms with Gasteiger partial charge in [-0.25, -0.2) is 4.79 Å². The van der Waals surface area contributed by atoms with Gasteiger partial charge in [0, 0.05) is 6.54 Å². The highest BCUT2D eigenvalue weighted by Crippen LogP contribution is 2.39. The number of aromatic carboxylic acids is 1. The number of halogens is 3. The van der Waals surface area contributed by atoms with E-state index in [1.807, 2.05) is 0 Å². The van der Waals surface area contributed by atoms with Crippen LogP contribution < -0.4 is 15.2 Å². The Hall–Kier alpha value is -2.74. The number of carboxylic acid groups (broad SMARTS) is 1. The molecule has 0 atom stereocenters. The molecule has 134 valence electrons. The van der Waals surface area contributed by atoms with Gasteiger partial charge in [0.05, 0.1) is 18.2 Å². The highest BCUT2D eigenvalue weighted by molar-refractivity contribution is 5.90. The van der Waals surface area contributed by atoms with Crippen LogP contribution in [0, 0.1) is 0 Å². The van der Waals surface area contributed by atoms with E-state index in [-0.39, 0.29) is 30.2 Å². The Morgan fingerprint density at radius 2 is 1.88 bits per heavy atom. The Balaban J connectivity index is 2.53. The summed E-state index contributed by atoms with van der Waals surface area (Å²) in [5.74, 6) is -1.27. The van der Waals surface area contributed by atoms with Crippen LogP contribution in [0.15, 0.2) is 36.4 Å². The lowest BCUT2D eigenvalue weighted by Gasteiger charge is -2.14. The molecule has 0 fully saturated rings. The number of rotatable bonds is 6. The van der Waals surface area contributed by atoms with Crippen molar-refractivity contribution in [3.63, 3.8) is 0 Å². The third-order valence-corrected chi connectivity index (χ3v) is 3.38. The van der Waals surface area contributed by atoms with Gasteiger partial charge in [-0.2, -0.15) is 13.2 Å². The Morgan fingerprint density at radius 1 is 1.16 bits per heavy atom. The summed E-state index contributed by atoms with van der Waals surface area (Å²) in [6, 6.07) is 7.55. The lowest BCUT2D eigenvalue weighted by Crippen LogP contribution is -2.11. The first kappa shape index (κ1) is 18.6. The second-order valence-electron chi connectivity index (χ2n) is 5.10. The molecular formula is C17H16F3NO4. The van der Waals surface area contributed by atoms with Crippen LogP contribution in [0.25, 0.3) is 11.1 Å². The number of ether oxygens (including phenoxy) is 2. The van der Waals surface area contributed by atoms with Gasteiger partial charge >= 0.3 is 12.1 Å². The van der Waals surface area contributed by atoms with E-state index in [9.17, 15) is 23.1 Å². The number of carbonyl (C=O) groups is 1. The summed E-state index contributed by atoms with van der Waals surface area (Å²) in [7, 11) is 1.14.